The Kier molecular flexibility index (Phi) is 3.80. The fourth-order valence-corrected chi connectivity index (χ4v) is 1.78. The summed E-state index contributed by atoms with van der Waals surface area (Å²) in [7, 11) is 0. The van der Waals surface area contributed by atoms with Gasteiger partial charge in [0.2, 0.25) is 0 Å². The van der Waals surface area contributed by atoms with E-state index < -0.39 is 11.6 Å². The quantitative estimate of drug-likeness (QED) is 0.482. The Bertz CT molecular complexity index is 695. The first-order chi connectivity index (χ1) is 9.11. The smallest absolute Gasteiger partial charge is 0.343 e. The van der Waals surface area contributed by atoms with Crippen LogP contribution in [0.1, 0.15) is 19.4 Å². The van der Waals surface area contributed by atoms with Crippen LogP contribution in [0.15, 0.2) is 45.6 Å². The molecule has 1 aromatic carbocycles. The van der Waals surface area contributed by atoms with E-state index in [2.05, 4.69) is 0 Å². The van der Waals surface area contributed by atoms with Crippen molar-refractivity contribution in [2.24, 2.45) is 0 Å². The molecule has 0 aliphatic rings. The lowest BCUT2D eigenvalue weighted by molar-refractivity contribution is -0.137. The zero-order valence-electron chi connectivity index (χ0n) is 10.8. The van der Waals surface area contributed by atoms with E-state index in [0.717, 1.165) is 5.39 Å². The second-order valence-electron chi connectivity index (χ2n) is 4.06. The minimum Gasteiger partial charge on any atom is -0.463 e. The number of carbonyl (C=O) groups excluding carboxylic acids is 1. The Morgan fingerprint density at radius 3 is 2.84 bits per heavy atom. The fraction of sp³-hybridized carbons (Fsp3) is 0.200. The highest BCUT2D eigenvalue weighted by molar-refractivity contribution is 5.91. The van der Waals surface area contributed by atoms with E-state index in [-0.39, 0.29) is 0 Å². The molecule has 19 heavy (non-hydrogen) atoms. The predicted molar refractivity (Wildman–Crippen MR) is 72.8 cm³/mol. The molecule has 0 aliphatic heterocycles. The third kappa shape index (κ3) is 2.91. The summed E-state index contributed by atoms with van der Waals surface area (Å²) in [5, 5.41) is 0.814. The first-order valence-electron chi connectivity index (χ1n) is 6.00. The van der Waals surface area contributed by atoms with Crippen molar-refractivity contribution < 1.29 is 13.9 Å². The number of fused-ring (bicyclic) bond motifs is 1. The minimum atomic E-state index is -0.465. The lowest BCUT2D eigenvalue weighted by atomic mass is 10.1. The van der Waals surface area contributed by atoms with Gasteiger partial charge in [0.15, 0.2) is 0 Å². The van der Waals surface area contributed by atoms with Gasteiger partial charge in [-0.1, -0.05) is 18.2 Å². The van der Waals surface area contributed by atoms with Crippen LogP contribution in [0.2, 0.25) is 0 Å². The minimum absolute atomic E-state index is 0.301. The molecule has 2 aromatic rings. The maximum atomic E-state index is 11.9. The van der Waals surface area contributed by atoms with E-state index >= 15 is 0 Å². The van der Waals surface area contributed by atoms with Crippen LogP contribution in [0.5, 0.6) is 0 Å². The zero-order chi connectivity index (χ0) is 13.8. The monoisotopic (exact) mass is 258 g/mol. The van der Waals surface area contributed by atoms with E-state index in [4.69, 9.17) is 9.15 Å². The second-order valence-corrected chi connectivity index (χ2v) is 4.06. The molecule has 0 bridgehead atoms. The standard InChI is InChI=1S/C15H14O4/c1-3-18-14(16)8-10(2)12-9-11-6-4-5-7-13(11)19-15(12)17/h4-9H,3H2,1-2H3/b10-8+. The second kappa shape index (κ2) is 5.52. The Labute approximate surface area is 110 Å². The van der Waals surface area contributed by atoms with Crippen LogP contribution in [0.3, 0.4) is 0 Å². The molecule has 0 saturated carbocycles. The van der Waals surface area contributed by atoms with Crippen LogP contribution >= 0.6 is 0 Å². The molecule has 4 heteroatoms. The number of ether oxygens (including phenoxy) is 1. The number of allylic oxidation sites excluding steroid dienone is 1. The average molecular weight is 258 g/mol. The molecule has 0 aliphatic carbocycles. The molecule has 0 unspecified atom stereocenters. The van der Waals surface area contributed by atoms with Gasteiger partial charge < -0.3 is 9.15 Å². The molecule has 2 rings (SSSR count). The highest BCUT2D eigenvalue weighted by atomic mass is 16.5. The zero-order valence-corrected chi connectivity index (χ0v) is 10.8. The summed E-state index contributed by atoms with van der Waals surface area (Å²) in [5.41, 5.74) is 0.960. The highest BCUT2D eigenvalue weighted by Crippen LogP contribution is 2.17. The first kappa shape index (κ1) is 13.1. The van der Waals surface area contributed by atoms with E-state index in [1.54, 1.807) is 32.0 Å². The molecule has 0 amide bonds. The number of benzene rings is 1. The van der Waals surface area contributed by atoms with E-state index in [9.17, 15) is 9.59 Å². The lowest BCUT2D eigenvalue weighted by Crippen LogP contribution is -2.07. The summed E-state index contributed by atoms with van der Waals surface area (Å²) in [6, 6.07) is 8.94. The molecule has 1 heterocycles. The number of para-hydroxylation sites is 1. The van der Waals surface area contributed by atoms with Crippen molar-refractivity contribution in [3.63, 3.8) is 0 Å². The molecule has 0 spiro atoms. The summed E-state index contributed by atoms with van der Waals surface area (Å²) in [4.78, 5) is 23.2. The van der Waals surface area contributed by atoms with Crippen molar-refractivity contribution in [1.29, 1.82) is 0 Å². The molecule has 98 valence electrons. The molecular weight excluding hydrogens is 244 g/mol. The summed E-state index contributed by atoms with van der Waals surface area (Å²) >= 11 is 0. The normalized spacial score (nSPS) is 11.6. The Balaban J connectivity index is 2.47. The van der Waals surface area contributed by atoms with Gasteiger partial charge in [-0.3, -0.25) is 0 Å². The van der Waals surface area contributed by atoms with Crippen molar-refractivity contribution in [2.75, 3.05) is 6.61 Å². The molecular formula is C15H14O4. The molecule has 0 radical (unpaired) electrons. The summed E-state index contributed by atoms with van der Waals surface area (Å²) in [6.45, 7) is 3.71. The van der Waals surface area contributed by atoms with Crippen molar-refractivity contribution in [3.8, 4) is 0 Å². The molecule has 0 N–H and O–H groups in total. The van der Waals surface area contributed by atoms with Crippen molar-refractivity contribution >= 4 is 22.5 Å². The molecule has 0 saturated heterocycles. The summed E-state index contributed by atoms with van der Waals surface area (Å²) in [6.07, 6.45) is 1.30. The van der Waals surface area contributed by atoms with Gasteiger partial charge in [0.25, 0.3) is 0 Å². The maximum Gasteiger partial charge on any atom is 0.343 e. The van der Waals surface area contributed by atoms with Gasteiger partial charge in [-0.25, -0.2) is 9.59 Å². The van der Waals surface area contributed by atoms with Gasteiger partial charge in [-0.15, -0.1) is 0 Å². The average Bonchev–Trinajstić information content (AvgIpc) is 2.38. The Morgan fingerprint density at radius 1 is 1.37 bits per heavy atom. The van der Waals surface area contributed by atoms with Crippen LogP contribution in [-0.4, -0.2) is 12.6 Å². The SMILES string of the molecule is CCOC(=O)/C=C(\C)c1cc2ccccc2oc1=O. The third-order valence-electron chi connectivity index (χ3n) is 2.69. The van der Waals surface area contributed by atoms with Crippen LogP contribution < -0.4 is 5.63 Å². The van der Waals surface area contributed by atoms with Gasteiger partial charge in [-0.2, -0.15) is 0 Å². The van der Waals surface area contributed by atoms with Crippen molar-refractivity contribution in [2.45, 2.75) is 13.8 Å². The topological polar surface area (TPSA) is 56.5 Å². The highest BCUT2D eigenvalue weighted by Gasteiger charge is 2.08. The van der Waals surface area contributed by atoms with Gasteiger partial charge in [0.05, 0.1) is 12.2 Å². The van der Waals surface area contributed by atoms with Crippen molar-refractivity contribution in [1.82, 2.24) is 0 Å². The molecule has 4 nitrogen and oxygen atoms in total. The van der Waals surface area contributed by atoms with Crippen molar-refractivity contribution in [3.05, 3.63) is 52.4 Å². The molecule has 0 atom stereocenters. The van der Waals surface area contributed by atoms with E-state index in [0.29, 0.717) is 23.3 Å². The summed E-state index contributed by atoms with van der Waals surface area (Å²) < 4.78 is 10.0. The fourth-order valence-electron chi connectivity index (χ4n) is 1.78. The van der Waals surface area contributed by atoms with Crippen LogP contribution in [0.25, 0.3) is 16.5 Å². The summed E-state index contributed by atoms with van der Waals surface area (Å²) in [5.74, 6) is -0.465. The Hall–Kier alpha value is -2.36. The molecule has 1 aromatic heterocycles. The van der Waals surface area contributed by atoms with Gasteiger partial charge >= 0.3 is 11.6 Å². The molecule has 0 fully saturated rings. The number of rotatable bonds is 3. The first-order valence-corrected chi connectivity index (χ1v) is 6.00. The third-order valence-corrected chi connectivity index (χ3v) is 2.69. The largest absolute Gasteiger partial charge is 0.463 e. The lowest BCUT2D eigenvalue weighted by Gasteiger charge is -2.02. The predicted octanol–water partition coefficient (Wildman–Crippen LogP) is 2.76. The van der Waals surface area contributed by atoms with Gasteiger partial charge in [0, 0.05) is 11.5 Å². The Morgan fingerprint density at radius 2 is 2.11 bits per heavy atom. The van der Waals surface area contributed by atoms with Crippen LogP contribution in [0, 0.1) is 0 Å². The van der Waals surface area contributed by atoms with Gasteiger partial charge in [-0.05, 0) is 31.6 Å². The maximum absolute atomic E-state index is 11.9. The van der Waals surface area contributed by atoms with Crippen LogP contribution in [-0.2, 0) is 9.53 Å². The van der Waals surface area contributed by atoms with Crippen LogP contribution in [0.4, 0.5) is 0 Å². The number of hydrogen-bond donors (Lipinski definition) is 0. The number of carbonyl (C=O) groups is 1. The van der Waals surface area contributed by atoms with E-state index in [1.165, 1.54) is 6.08 Å². The van der Waals surface area contributed by atoms with Gasteiger partial charge in [0.1, 0.15) is 5.58 Å². The number of hydrogen-bond acceptors (Lipinski definition) is 4. The van der Waals surface area contributed by atoms with E-state index in [1.807, 2.05) is 12.1 Å². The number of esters is 1.